The van der Waals surface area contributed by atoms with Crippen LogP contribution < -0.4 is 4.74 Å². The van der Waals surface area contributed by atoms with Gasteiger partial charge in [0.1, 0.15) is 11.4 Å². The molecule has 1 atom stereocenters. The summed E-state index contributed by atoms with van der Waals surface area (Å²) in [6.45, 7) is 4.36. The SMILES string of the molecule is CCOc1ccccc1C(C)(O)c1cc2ccccc2s1. The number of rotatable bonds is 4. The molecule has 0 bridgehead atoms. The molecule has 2 nitrogen and oxygen atoms in total. The molecule has 0 fully saturated rings. The third kappa shape index (κ3) is 2.55. The minimum atomic E-state index is -1.06. The number of thiophene rings is 1. The van der Waals surface area contributed by atoms with Crippen LogP contribution in [0.2, 0.25) is 0 Å². The van der Waals surface area contributed by atoms with Crippen molar-refractivity contribution in [1.82, 2.24) is 0 Å². The largest absolute Gasteiger partial charge is 0.493 e. The van der Waals surface area contributed by atoms with Crippen LogP contribution >= 0.6 is 11.3 Å². The number of para-hydroxylation sites is 1. The van der Waals surface area contributed by atoms with Gasteiger partial charge in [0.05, 0.1) is 6.61 Å². The molecule has 1 aromatic heterocycles. The van der Waals surface area contributed by atoms with Gasteiger partial charge in [-0.1, -0.05) is 36.4 Å². The number of fused-ring (bicyclic) bond motifs is 1. The van der Waals surface area contributed by atoms with E-state index in [1.54, 1.807) is 11.3 Å². The molecule has 3 heteroatoms. The fourth-order valence-electron chi connectivity index (χ4n) is 2.50. The van der Waals surface area contributed by atoms with E-state index in [9.17, 15) is 5.11 Å². The molecule has 3 rings (SSSR count). The molecule has 0 saturated carbocycles. The summed E-state index contributed by atoms with van der Waals surface area (Å²) >= 11 is 1.62. The van der Waals surface area contributed by atoms with Crippen LogP contribution in [0.5, 0.6) is 5.75 Å². The Kier molecular flexibility index (Phi) is 3.70. The maximum Gasteiger partial charge on any atom is 0.125 e. The maximum atomic E-state index is 11.1. The van der Waals surface area contributed by atoms with Crippen molar-refractivity contribution >= 4 is 21.4 Å². The summed E-state index contributed by atoms with van der Waals surface area (Å²) < 4.78 is 6.85. The first-order chi connectivity index (χ1) is 10.1. The van der Waals surface area contributed by atoms with Crippen LogP contribution in [0, 0.1) is 0 Å². The van der Waals surface area contributed by atoms with E-state index in [2.05, 4.69) is 18.2 Å². The summed E-state index contributed by atoms with van der Waals surface area (Å²) in [5.41, 5.74) is -0.256. The molecule has 2 aromatic carbocycles. The van der Waals surface area contributed by atoms with E-state index in [1.807, 2.05) is 50.2 Å². The summed E-state index contributed by atoms with van der Waals surface area (Å²) in [6, 6.07) is 17.9. The van der Waals surface area contributed by atoms with Gasteiger partial charge in [-0.3, -0.25) is 0 Å². The van der Waals surface area contributed by atoms with Crippen LogP contribution in [0.4, 0.5) is 0 Å². The van der Waals surface area contributed by atoms with E-state index in [-0.39, 0.29) is 0 Å². The Morgan fingerprint density at radius 2 is 1.81 bits per heavy atom. The van der Waals surface area contributed by atoms with Gasteiger partial charge in [0.15, 0.2) is 0 Å². The fraction of sp³-hybridized carbons (Fsp3) is 0.222. The van der Waals surface area contributed by atoms with Crippen LogP contribution in [-0.2, 0) is 5.60 Å². The highest BCUT2D eigenvalue weighted by molar-refractivity contribution is 7.19. The van der Waals surface area contributed by atoms with Crippen LogP contribution in [0.3, 0.4) is 0 Å². The summed E-state index contributed by atoms with van der Waals surface area (Å²) in [5.74, 6) is 0.738. The lowest BCUT2D eigenvalue weighted by atomic mass is 9.93. The highest BCUT2D eigenvalue weighted by Crippen LogP contribution is 2.40. The monoisotopic (exact) mass is 298 g/mol. The van der Waals surface area contributed by atoms with E-state index in [0.29, 0.717) is 6.61 Å². The Bertz CT molecular complexity index is 726. The van der Waals surface area contributed by atoms with E-state index in [4.69, 9.17) is 4.74 Å². The molecule has 0 radical (unpaired) electrons. The standard InChI is InChI=1S/C18H18O2S/c1-3-20-15-10-6-5-9-14(15)18(2,19)17-12-13-8-4-7-11-16(13)21-17/h4-12,19H,3H2,1-2H3. The van der Waals surface area contributed by atoms with Gasteiger partial charge in [-0.2, -0.15) is 0 Å². The van der Waals surface area contributed by atoms with Gasteiger partial charge in [-0.15, -0.1) is 11.3 Å². The van der Waals surface area contributed by atoms with Crippen LogP contribution in [-0.4, -0.2) is 11.7 Å². The van der Waals surface area contributed by atoms with Crippen LogP contribution in [0.1, 0.15) is 24.3 Å². The predicted octanol–water partition coefficient (Wildman–Crippen LogP) is 4.56. The van der Waals surface area contributed by atoms with Crippen molar-refractivity contribution in [3.63, 3.8) is 0 Å². The first kappa shape index (κ1) is 14.1. The fourth-order valence-corrected chi connectivity index (χ4v) is 3.63. The van der Waals surface area contributed by atoms with E-state index in [1.165, 1.54) is 4.70 Å². The van der Waals surface area contributed by atoms with Gasteiger partial charge >= 0.3 is 0 Å². The molecule has 1 unspecified atom stereocenters. The lowest BCUT2D eigenvalue weighted by molar-refractivity contribution is 0.102. The van der Waals surface area contributed by atoms with Crippen molar-refractivity contribution in [1.29, 1.82) is 0 Å². The molecule has 0 amide bonds. The van der Waals surface area contributed by atoms with Crippen molar-refractivity contribution in [2.45, 2.75) is 19.4 Å². The number of ether oxygens (including phenoxy) is 1. The molecule has 0 spiro atoms. The Morgan fingerprint density at radius 1 is 1.10 bits per heavy atom. The minimum Gasteiger partial charge on any atom is -0.493 e. The quantitative estimate of drug-likeness (QED) is 0.765. The lowest BCUT2D eigenvalue weighted by Gasteiger charge is -2.25. The maximum absolute atomic E-state index is 11.1. The number of hydrogen-bond donors (Lipinski definition) is 1. The van der Waals surface area contributed by atoms with Crippen molar-refractivity contribution in [3.05, 3.63) is 65.0 Å². The average Bonchev–Trinajstić information content (AvgIpc) is 2.93. The third-order valence-corrected chi connectivity index (χ3v) is 4.94. The summed E-state index contributed by atoms with van der Waals surface area (Å²) in [5, 5.41) is 12.3. The molecule has 0 aliphatic rings. The molecule has 0 aliphatic carbocycles. The Balaban J connectivity index is 2.11. The second kappa shape index (κ2) is 5.51. The van der Waals surface area contributed by atoms with E-state index < -0.39 is 5.60 Å². The zero-order valence-corrected chi connectivity index (χ0v) is 13.0. The molecule has 3 aromatic rings. The molecule has 21 heavy (non-hydrogen) atoms. The molecule has 0 saturated heterocycles. The summed E-state index contributed by atoms with van der Waals surface area (Å²) in [7, 11) is 0. The van der Waals surface area contributed by atoms with Gasteiger partial charge in [-0.05, 0) is 37.4 Å². The van der Waals surface area contributed by atoms with Gasteiger partial charge in [0, 0.05) is 15.1 Å². The van der Waals surface area contributed by atoms with Gasteiger partial charge in [0.25, 0.3) is 0 Å². The molecule has 0 aliphatic heterocycles. The lowest BCUT2D eigenvalue weighted by Crippen LogP contribution is -2.22. The van der Waals surface area contributed by atoms with E-state index >= 15 is 0 Å². The zero-order chi connectivity index (χ0) is 14.9. The van der Waals surface area contributed by atoms with Gasteiger partial charge in [-0.25, -0.2) is 0 Å². The zero-order valence-electron chi connectivity index (χ0n) is 12.2. The molecular formula is C18H18O2S. The average molecular weight is 298 g/mol. The molecule has 108 valence electrons. The Labute approximate surface area is 128 Å². The van der Waals surface area contributed by atoms with Crippen molar-refractivity contribution in [2.75, 3.05) is 6.61 Å². The van der Waals surface area contributed by atoms with Crippen LogP contribution in [0.25, 0.3) is 10.1 Å². The second-order valence-corrected chi connectivity index (χ2v) is 6.23. The highest BCUT2D eigenvalue weighted by atomic mass is 32.1. The van der Waals surface area contributed by atoms with Crippen molar-refractivity contribution in [3.8, 4) is 5.75 Å². The number of aliphatic hydroxyl groups is 1. The summed E-state index contributed by atoms with van der Waals surface area (Å²) in [4.78, 5) is 0.927. The number of hydrogen-bond acceptors (Lipinski definition) is 3. The van der Waals surface area contributed by atoms with Crippen molar-refractivity contribution in [2.24, 2.45) is 0 Å². The Hall–Kier alpha value is -1.84. The second-order valence-electron chi connectivity index (χ2n) is 5.15. The number of benzene rings is 2. The first-order valence-electron chi connectivity index (χ1n) is 7.06. The third-order valence-electron chi connectivity index (χ3n) is 3.62. The van der Waals surface area contributed by atoms with Gasteiger partial charge in [0.2, 0.25) is 0 Å². The molecular weight excluding hydrogens is 280 g/mol. The van der Waals surface area contributed by atoms with E-state index in [0.717, 1.165) is 21.6 Å². The molecule has 1 N–H and O–H groups in total. The highest BCUT2D eigenvalue weighted by Gasteiger charge is 2.30. The predicted molar refractivity (Wildman–Crippen MR) is 88.1 cm³/mol. The minimum absolute atomic E-state index is 0.583. The normalized spacial score (nSPS) is 14.0. The summed E-state index contributed by atoms with van der Waals surface area (Å²) in [6.07, 6.45) is 0. The Morgan fingerprint density at radius 3 is 2.57 bits per heavy atom. The van der Waals surface area contributed by atoms with Crippen LogP contribution in [0.15, 0.2) is 54.6 Å². The molecule has 1 heterocycles. The van der Waals surface area contributed by atoms with Crippen molar-refractivity contribution < 1.29 is 9.84 Å². The first-order valence-corrected chi connectivity index (χ1v) is 7.88. The van der Waals surface area contributed by atoms with Gasteiger partial charge < -0.3 is 9.84 Å². The smallest absolute Gasteiger partial charge is 0.125 e. The topological polar surface area (TPSA) is 29.5 Å².